The second-order valence-electron chi connectivity index (χ2n) is 16.4. The molecule has 322 valence electrons. The van der Waals surface area contributed by atoms with E-state index in [-0.39, 0.29) is 19.1 Å². The Kier molecular flexibility index (Phi) is 36.9. The fourth-order valence-electron chi connectivity index (χ4n) is 6.19. The molecule has 0 aromatic rings. The molecule has 0 aliphatic carbocycles. The molecule has 0 radical (unpaired) electrons. The van der Waals surface area contributed by atoms with E-state index in [4.69, 9.17) is 9.05 Å². The number of aliphatic hydroxyl groups excluding tert-OH is 1. The van der Waals surface area contributed by atoms with Crippen molar-refractivity contribution >= 4 is 13.7 Å². The van der Waals surface area contributed by atoms with Gasteiger partial charge in [-0.3, -0.25) is 13.8 Å². The van der Waals surface area contributed by atoms with Crippen LogP contribution in [0.1, 0.15) is 187 Å². The van der Waals surface area contributed by atoms with Gasteiger partial charge in [-0.25, -0.2) is 4.57 Å². The predicted molar refractivity (Wildman–Crippen MR) is 235 cm³/mol. The van der Waals surface area contributed by atoms with E-state index in [1.807, 2.05) is 27.2 Å². The molecule has 0 saturated heterocycles. The molecule has 0 fully saturated rings. The minimum Gasteiger partial charge on any atom is -0.387 e. The van der Waals surface area contributed by atoms with Gasteiger partial charge in [0.05, 0.1) is 39.9 Å². The Labute approximate surface area is 339 Å². The van der Waals surface area contributed by atoms with Gasteiger partial charge in [0.25, 0.3) is 0 Å². The Balaban J connectivity index is 4.27. The van der Waals surface area contributed by atoms with Crippen molar-refractivity contribution in [3.05, 3.63) is 48.6 Å². The molecule has 0 saturated carbocycles. The molecular weight excluding hydrogens is 707 g/mol. The molecule has 3 atom stereocenters. The molecular formula is C46H88N2O6P+. The topological polar surface area (TPSA) is 105 Å². The molecule has 3 unspecified atom stereocenters. The van der Waals surface area contributed by atoms with Crippen LogP contribution in [0.4, 0.5) is 0 Å². The van der Waals surface area contributed by atoms with E-state index in [1.54, 1.807) is 6.08 Å². The van der Waals surface area contributed by atoms with E-state index >= 15 is 0 Å². The maximum atomic E-state index is 12.8. The normalized spacial score (nSPS) is 14.8. The zero-order valence-corrected chi connectivity index (χ0v) is 37.3. The number of carbonyl (C=O) groups is 1. The van der Waals surface area contributed by atoms with Gasteiger partial charge in [-0.15, -0.1) is 0 Å². The zero-order chi connectivity index (χ0) is 40.7. The van der Waals surface area contributed by atoms with Crippen LogP contribution in [0.2, 0.25) is 0 Å². The summed E-state index contributed by atoms with van der Waals surface area (Å²) in [5, 5.41) is 13.7. The molecule has 0 spiro atoms. The fraction of sp³-hybridized carbons (Fsp3) is 0.804. The maximum Gasteiger partial charge on any atom is 0.472 e. The molecule has 0 bridgehead atoms. The Morgan fingerprint density at radius 2 is 1.05 bits per heavy atom. The predicted octanol–water partition coefficient (Wildman–Crippen LogP) is 12.5. The lowest BCUT2D eigenvalue weighted by Gasteiger charge is -2.25. The van der Waals surface area contributed by atoms with Gasteiger partial charge in [0, 0.05) is 6.42 Å². The third kappa shape index (κ3) is 40.5. The number of likely N-dealkylation sites (N-methyl/N-ethyl adjacent to an activating group) is 1. The molecule has 0 rings (SSSR count). The highest BCUT2D eigenvalue weighted by atomic mass is 31.2. The number of hydrogen-bond acceptors (Lipinski definition) is 5. The van der Waals surface area contributed by atoms with Gasteiger partial charge in [-0.1, -0.05) is 165 Å². The average Bonchev–Trinajstić information content (AvgIpc) is 3.13. The molecule has 3 N–H and O–H groups in total. The second-order valence-corrected chi connectivity index (χ2v) is 17.8. The number of rotatable bonds is 40. The Bertz CT molecular complexity index is 1040. The summed E-state index contributed by atoms with van der Waals surface area (Å²) in [5.74, 6) is -0.199. The van der Waals surface area contributed by atoms with Crippen LogP contribution in [0, 0.1) is 0 Å². The molecule has 0 aliphatic heterocycles. The summed E-state index contributed by atoms with van der Waals surface area (Å²) in [6.07, 6.45) is 47.8. The lowest BCUT2D eigenvalue weighted by atomic mass is 10.0. The van der Waals surface area contributed by atoms with Crippen molar-refractivity contribution in [2.75, 3.05) is 40.9 Å². The van der Waals surface area contributed by atoms with Gasteiger partial charge in [0.15, 0.2) is 0 Å². The van der Waals surface area contributed by atoms with Crippen molar-refractivity contribution in [3.63, 3.8) is 0 Å². The standard InChI is InChI=1S/C46H87N2O6P/c1-6-8-10-12-14-16-18-19-20-21-22-23-24-25-26-27-28-29-30-32-34-36-38-40-46(50)47-44(43-54-55(51,52)53-42-41-48(3,4)5)45(49)39-37-35-33-31-17-15-13-11-9-7-2/h9,11,17,25-26,31,37,39,44-45,49H,6-8,10,12-16,18-24,27-30,32-36,38,40-43H2,1-5H3,(H-,47,50,51,52)/p+1/b11-9+,26-25-,31-17+,39-37+. The fourth-order valence-corrected chi connectivity index (χ4v) is 6.93. The quantitative estimate of drug-likeness (QED) is 0.0247. The summed E-state index contributed by atoms with van der Waals surface area (Å²) < 4.78 is 23.5. The summed E-state index contributed by atoms with van der Waals surface area (Å²) in [7, 11) is 1.54. The molecule has 0 heterocycles. The molecule has 0 aromatic carbocycles. The number of allylic oxidation sites excluding steroid dienone is 7. The largest absolute Gasteiger partial charge is 0.472 e. The number of carbonyl (C=O) groups excluding carboxylic acids is 1. The van der Waals surface area contributed by atoms with Crippen LogP contribution >= 0.6 is 7.82 Å². The van der Waals surface area contributed by atoms with Crippen molar-refractivity contribution in [2.24, 2.45) is 0 Å². The number of nitrogens with zero attached hydrogens (tertiary/aromatic N) is 1. The average molecular weight is 796 g/mol. The van der Waals surface area contributed by atoms with E-state index in [1.165, 1.54) is 116 Å². The molecule has 1 amide bonds. The first kappa shape index (κ1) is 53.5. The highest BCUT2D eigenvalue weighted by Gasteiger charge is 2.27. The van der Waals surface area contributed by atoms with Gasteiger partial charge in [0.2, 0.25) is 5.91 Å². The lowest BCUT2D eigenvalue weighted by molar-refractivity contribution is -0.870. The van der Waals surface area contributed by atoms with Gasteiger partial charge in [-0.05, 0) is 64.2 Å². The van der Waals surface area contributed by atoms with Crippen LogP contribution in [-0.4, -0.2) is 73.4 Å². The number of nitrogens with one attached hydrogen (secondary N) is 1. The van der Waals surface area contributed by atoms with Crippen LogP contribution in [0.5, 0.6) is 0 Å². The third-order valence-corrected chi connectivity index (χ3v) is 10.7. The number of aliphatic hydroxyl groups is 1. The monoisotopic (exact) mass is 796 g/mol. The first-order valence-electron chi connectivity index (χ1n) is 22.5. The Hall–Kier alpha value is -1.54. The third-order valence-electron chi connectivity index (χ3n) is 9.76. The van der Waals surface area contributed by atoms with Crippen molar-refractivity contribution in [3.8, 4) is 0 Å². The smallest absolute Gasteiger partial charge is 0.387 e. The summed E-state index contributed by atoms with van der Waals surface area (Å²) in [5.41, 5.74) is 0. The second kappa shape index (κ2) is 38.0. The van der Waals surface area contributed by atoms with Gasteiger partial charge < -0.3 is 19.8 Å². The van der Waals surface area contributed by atoms with E-state index in [9.17, 15) is 19.4 Å². The zero-order valence-electron chi connectivity index (χ0n) is 36.4. The minimum atomic E-state index is -4.35. The highest BCUT2D eigenvalue weighted by molar-refractivity contribution is 7.47. The van der Waals surface area contributed by atoms with Crippen LogP contribution in [-0.2, 0) is 18.4 Å². The highest BCUT2D eigenvalue weighted by Crippen LogP contribution is 2.43. The lowest BCUT2D eigenvalue weighted by Crippen LogP contribution is -2.45. The molecule has 0 aliphatic rings. The van der Waals surface area contributed by atoms with Crippen LogP contribution in [0.15, 0.2) is 48.6 Å². The first-order valence-corrected chi connectivity index (χ1v) is 24.0. The van der Waals surface area contributed by atoms with Gasteiger partial charge in [0.1, 0.15) is 13.2 Å². The molecule has 0 aromatic heterocycles. The van der Waals surface area contributed by atoms with E-state index < -0.39 is 20.0 Å². The van der Waals surface area contributed by atoms with Crippen molar-refractivity contribution in [2.45, 2.75) is 199 Å². The van der Waals surface area contributed by atoms with Crippen LogP contribution in [0.3, 0.4) is 0 Å². The van der Waals surface area contributed by atoms with E-state index in [0.717, 1.165) is 51.4 Å². The number of unbranched alkanes of at least 4 members (excludes halogenated alkanes) is 21. The van der Waals surface area contributed by atoms with Gasteiger partial charge in [-0.2, -0.15) is 0 Å². The van der Waals surface area contributed by atoms with Crippen molar-refractivity contribution in [1.82, 2.24) is 5.32 Å². The first-order chi connectivity index (χ1) is 26.5. The Morgan fingerprint density at radius 1 is 0.618 bits per heavy atom. The minimum absolute atomic E-state index is 0.0513. The van der Waals surface area contributed by atoms with Crippen LogP contribution < -0.4 is 5.32 Å². The van der Waals surface area contributed by atoms with Crippen molar-refractivity contribution in [1.29, 1.82) is 0 Å². The van der Waals surface area contributed by atoms with E-state index in [0.29, 0.717) is 17.4 Å². The maximum absolute atomic E-state index is 12.8. The summed E-state index contributed by atoms with van der Waals surface area (Å²) in [4.78, 5) is 23.1. The summed E-state index contributed by atoms with van der Waals surface area (Å²) in [6.45, 7) is 4.65. The number of hydrogen-bond donors (Lipinski definition) is 3. The summed E-state index contributed by atoms with van der Waals surface area (Å²) >= 11 is 0. The molecule has 9 heteroatoms. The van der Waals surface area contributed by atoms with Crippen LogP contribution in [0.25, 0.3) is 0 Å². The Morgan fingerprint density at radius 3 is 1.55 bits per heavy atom. The SMILES string of the molecule is CC/C=C/CC/C=C/CC/C=C/C(O)C(COP(=O)(O)OCC[N+](C)(C)C)NC(=O)CCCCCCCCC/C=C\CCCCCCCCCCCCCC. The summed E-state index contributed by atoms with van der Waals surface area (Å²) in [6, 6.07) is -0.870. The van der Waals surface area contributed by atoms with E-state index in [2.05, 4.69) is 55.6 Å². The number of phosphoric ester groups is 1. The number of phosphoric acid groups is 1. The number of amides is 1. The van der Waals surface area contributed by atoms with Crippen molar-refractivity contribution < 1.29 is 32.9 Å². The molecule has 55 heavy (non-hydrogen) atoms. The van der Waals surface area contributed by atoms with Gasteiger partial charge >= 0.3 is 7.82 Å². The number of quaternary nitrogens is 1. The molecule has 8 nitrogen and oxygen atoms in total.